The molecule has 1 heterocycles. The third kappa shape index (κ3) is 2.20. The van der Waals surface area contributed by atoms with Gasteiger partial charge in [0.2, 0.25) is 0 Å². The highest BCUT2D eigenvalue weighted by molar-refractivity contribution is 6.13. The molecule has 0 spiro atoms. The Hall–Kier alpha value is -1.16. The summed E-state index contributed by atoms with van der Waals surface area (Å²) in [4.78, 5) is 23.6. The number of amides is 2. The second kappa shape index (κ2) is 4.91. The van der Waals surface area contributed by atoms with Gasteiger partial charge in [-0.05, 0) is 6.42 Å². The molecule has 1 unspecified atom stereocenters. The average Bonchev–Trinajstić information content (AvgIpc) is 2.50. The highest BCUT2D eigenvalue weighted by atomic mass is 16.3. The van der Waals surface area contributed by atoms with Crippen molar-refractivity contribution in [2.45, 2.75) is 32.2 Å². The van der Waals surface area contributed by atoms with Crippen LogP contribution in [0.4, 0.5) is 0 Å². The van der Waals surface area contributed by atoms with Crippen LogP contribution in [-0.4, -0.2) is 34.5 Å². The molecular weight excluding hydrogens is 182 g/mol. The van der Waals surface area contributed by atoms with Crippen LogP contribution < -0.4 is 0 Å². The van der Waals surface area contributed by atoms with Gasteiger partial charge in [0.15, 0.2) is 0 Å². The van der Waals surface area contributed by atoms with Gasteiger partial charge in [-0.15, -0.1) is 0 Å². The second-order valence-electron chi connectivity index (χ2n) is 3.36. The summed E-state index contributed by atoms with van der Waals surface area (Å²) in [6.07, 6.45) is 5.06. The molecule has 14 heavy (non-hydrogen) atoms. The predicted octanol–water partition coefficient (Wildman–Crippen LogP) is 0.462. The number of aliphatic hydroxyl groups excluding tert-OH is 1. The summed E-state index contributed by atoms with van der Waals surface area (Å²) in [5.41, 5.74) is 0. The first-order valence-corrected chi connectivity index (χ1v) is 4.86. The molecule has 0 saturated carbocycles. The number of carbonyl (C=O) groups excluding carboxylic acids is 2. The fraction of sp³-hybridized carbons (Fsp3) is 0.600. The maximum absolute atomic E-state index is 11.3. The second-order valence-corrected chi connectivity index (χ2v) is 3.36. The van der Waals surface area contributed by atoms with Crippen molar-refractivity contribution in [1.82, 2.24) is 4.90 Å². The van der Waals surface area contributed by atoms with Gasteiger partial charge in [0.1, 0.15) is 0 Å². The van der Waals surface area contributed by atoms with Crippen LogP contribution in [-0.2, 0) is 9.59 Å². The molecule has 4 heteroatoms. The molecule has 1 rings (SSSR count). The Balaban J connectivity index is 2.60. The van der Waals surface area contributed by atoms with Gasteiger partial charge in [-0.25, -0.2) is 0 Å². The minimum atomic E-state index is -0.357. The van der Waals surface area contributed by atoms with Crippen molar-refractivity contribution in [3.05, 3.63) is 12.2 Å². The van der Waals surface area contributed by atoms with E-state index in [0.29, 0.717) is 6.42 Å². The maximum atomic E-state index is 11.3. The van der Waals surface area contributed by atoms with Crippen LogP contribution in [0.5, 0.6) is 0 Å². The van der Waals surface area contributed by atoms with Crippen LogP contribution >= 0.6 is 0 Å². The molecule has 0 radical (unpaired) electrons. The molecule has 1 aliphatic rings. The molecule has 2 amide bonds. The molecule has 0 aliphatic carbocycles. The quantitative estimate of drug-likeness (QED) is 0.651. The summed E-state index contributed by atoms with van der Waals surface area (Å²) < 4.78 is 0. The number of nitrogens with zero attached hydrogens (tertiary/aromatic N) is 1. The third-order valence-electron chi connectivity index (χ3n) is 2.31. The van der Waals surface area contributed by atoms with Crippen LogP contribution in [0.15, 0.2) is 12.2 Å². The lowest BCUT2D eigenvalue weighted by molar-refractivity contribution is -0.140. The van der Waals surface area contributed by atoms with Crippen LogP contribution in [0.3, 0.4) is 0 Å². The summed E-state index contributed by atoms with van der Waals surface area (Å²) in [6, 6.07) is -0.357. The minimum absolute atomic E-state index is 0.154. The first kappa shape index (κ1) is 10.9. The Bertz CT molecular complexity index is 242. The molecule has 0 aromatic rings. The molecule has 0 aromatic heterocycles. The molecule has 0 fully saturated rings. The van der Waals surface area contributed by atoms with E-state index in [2.05, 4.69) is 0 Å². The van der Waals surface area contributed by atoms with Crippen molar-refractivity contribution in [3.63, 3.8) is 0 Å². The van der Waals surface area contributed by atoms with Crippen LogP contribution in [0.1, 0.15) is 26.2 Å². The summed E-state index contributed by atoms with van der Waals surface area (Å²) >= 11 is 0. The molecule has 0 bridgehead atoms. The van der Waals surface area contributed by atoms with Gasteiger partial charge < -0.3 is 5.11 Å². The first-order chi connectivity index (χ1) is 6.70. The molecule has 1 atom stereocenters. The fourth-order valence-corrected chi connectivity index (χ4v) is 1.51. The maximum Gasteiger partial charge on any atom is 0.253 e. The van der Waals surface area contributed by atoms with E-state index in [9.17, 15) is 9.59 Å². The van der Waals surface area contributed by atoms with Gasteiger partial charge in [-0.3, -0.25) is 14.5 Å². The van der Waals surface area contributed by atoms with E-state index >= 15 is 0 Å². The van der Waals surface area contributed by atoms with Crippen molar-refractivity contribution < 1.29 is 14.7 Å². The summed E-state index contributed by atoms with van der Waals surface area (Å²) in [5.74, 6) is -0.629. The molecule has 1 aliphatic heterocycles. The minimum Gasteiger partial charge on any atom is -0.394 e. The van der Waals surface area contributed by atoms with Gasteiger partial charge in [0.05, 0.1) is 12.6 Å². The Morgan fingerprint density at radius 2 is 1.93 bits per heavy atom. The largest absolute Gasteiger partial charge is 0.394 e. The van der Waals surface area contributed by atoms with Crippen molar-refractivity contribution in [2.75, 3.05) is 6.61 Å². The number of aliphatic hydroxyl groups is 1. The van der Waals surface area contributed by atoms with Crippen molar-refractivity contribution in [2.24, 2.45) is 0 Å². The summed E-state index contributed by atoms with van der Waals surface area (Å²) in [7, 11) is 0. The number of unbranched alkanes of at least 4 members (excludes halogenated alkanes) is 1. The molecular formula is C10H15NO3. The van der Waals surface area contributed by atoms with Crippen LogP contribution in [0.25, 0.3) is 0 Å². The van der Waals surface area contributed by atoms with Crippen molar-refractivity contribution in [3.8, 4) is 0 Å². The smallest absolute Gasteiger partial charge is 0.253 e. The van der Waals surface area contributed by atoms with Crippen LogP contribution in [0, 0.1) is 0 Å². The first-order valence-electron chi connectivity index (χ1n) is 4.86. The average molecular weight is 197 g/mol. The van der Waals surface area contributed by atoms with Gasteiger partial charge in [-0.1, -0.05) is 19.8 Å². The zero-order valence-corrected chi connectivity index (χ0v) is 8.27. The molecule has 4 nitrogen and oxygen atoms in total. The van der Waals surface area contributed by atoms with E-state index in [-0.39, 0.29) is 24.5 Å². The SMILES string of the molecule is CCCCC(CO)N1C(=O)C=CC1=O. The predicted molar refractivity (Wildman–Crippen MR) is 51.4 cm³/mol. The highest BCUT2D eigenvalue weighted by Crippen LogP contribution is 2.13. The topological polar surface area (TPSA) is 57.6 Å². The number of rotatable bonds is 5. The number of hydrogen-bond donors (Lipinski definition) is 1. The van der Waals surface area contributed by atoms with Gasteiger partial charge in [0, 0.05) is 12.2 Å². The number of hydrogen-bond acceptors (Lipinski definition) is 3. The monoisotopic (exact) mass is 197 g/mol. The summed E-state index contributed by atoms with van der Waals surface area (Å²) in [6.45, 7) is 1.87. The van der Waals surface area contributed by atoms with Gasteiger partial charge in [0.25, 0.3) is 11.8 Å². The van der Waals surface area contributed by atoms with E-state index in [1.54, 1.807) is 0 Å². The lowest BCUT2D eigenvalue weighted by atomic mass is 10.1. The lowest BCUT2D eigenvalue weighted by Gasteiger charge is -2.23. The third-order valence-corrected chi connectivity index (χ3v) is 2.31. The Labute approximate surface area is 83.2 Å². The van der Waals surface area contributed by atoms with Gasteiger partial charge >= 0.3 is 0 Å². The summed E-state index contributed by atoms with van der Waals surface area (Å²) in [5, 5.41) is 9.07. The Morgan fingerprint density at radius 1 is 1.36 bits per heavy atom. The van der Waals surface area contributed by atoms with Crippen molar-refractivity contribution in [1.29, 1.82) is 0 Å². The van der Waals surface area contributed by atoms with Crippen LogP contribution in [0.2, 0.25) is 0 Å². The van der Waals surface area contributed by atoms with E-state index in [1.165, 1.54) is 12.2 Å². The Morgan fingerprint density at radius 3 is 2.36 bits per heavy atom. The standard InChI is InChI=1S/C10H15NO3/c1-2-3-4-8(7-12)11-9(13)5-6-10(11)14/h5-6,8,12H,2-4,7H2,1H3. The lowest BCUT2D eigenvalue weighted by Crippen LogP contribution is -2.42. The number of carbonyl (C=O) groups is 2. The fourth-order valence-electron chi connectivity index (χ4n) is 1.51. The molecule has 0 aromatic carbocycles. The highest BCUT2D eigenvalue weighted by Gasteiger charge is 2.29. The molecule has 78 valence electrons. The Kier molecular flexibility index (Phi) is 3.83. The van der Waals surface area contributed by atoms with Crippen molar-refractivity contribution >= 4 is 11.8 Å². The molecule has 0 saturated heterocycles. The van der Waals surface area contributed by atoms with E-state index in [4.69, 9.17) is 5.11 Å². The normalized spacial score (nSPS) is 18.0. The zero-order valence-electron chi connectivity index (χ0n) is 8.27. The molecule has 1 N–H and O–H groups in total. The zero-order chi connectivity index (χ0) is 10.6. The van der Waals surface area contributed by atoms with E-state index < -0.39 is 0 Å². The van der Waals surface area contributed by atoms with E-state index in [1.807, 2.05) is 6.92 Å². The van der Waals surface area contributed by atoms with Gasteiger partial charge in [-0.2, -0.15) is 0 Å². The van der Waals surface area contributed by atoms with E-state index in [0.717, 1.165) is 17.7 Å². The number of imide groups is 1.